The van der Waals surface area contributed by atoms with Gasteiger partial charge in [-0.3, -0.25) is 4.79 Å². The molecule has 0 radical (unpaired) electrons. The maximum atomic E-state index is 11.9. The highest BCUT2D eigenvalue weighted by atomic mass is 35.5. The third kappa shape index (κ3) is 5.53. The SMILES string of the molecule is CC[C@H](SCC(=O)NC[C@@H]1CCOC1)c1ccc(Cl)cc1. The van der Waals surface area contributed by atoms with E-state index in [1.807, 2.05) is 24.3 Å². The highest BCUT2D eigenvalue weighted by Crippen LogP contribution is 2.32. The lowest BCUT2D eigenvalue weighted by Crippen LogP contribution is -2.31. The fourth-order valence-corrected chi connectivity index (χ4v) is 3.52. The molecular weight excluding hydrogens is 306 g/mol. The molecule has 3 nitrogen and oxygen atoms in total. The molecule has 1 heterocycles. The largest absolute Gasteiger partial charge is 0.381 e. The number of carbonyl (C=O) groups excluding carboxylic acids is 1. The van der Waals surface area contributed by atoms with E-state index in [1.165, 1.54) is 5.56 Å². The Bertz CT molecular complexity index is 446. The van der Waals surface area contributed by atoms with Gasteiger partial charge >= 0.3 is 0 Å². The average Bonchev–Trinajstić information content (AvgIpc) is 3.01. The molecule has 2 atom stereocenters. The lowest BCUT2D eigenvalue weighted by molar-refractivity contribution is -0.118. The first-order valence-corrected chi connectivity index (χ1v) is 8.83. The van der Waals surface area contributed by atoms with Crippen LogP contribution in [0.5, 0.6) is 0 Å². The second-order valence-electron chi connectivity index (χ2n) is 5.29. The normalized spacial score (nSPS) is 19.4. The highest BCUT2D eigenvalue weighted by Gasteiger charge is 2.17. The van der Waals surface area contributed by atoms with E-state index in [9.17, 15) is 4.79 Å². The molecule has 5 heteroatoms. The van der Waals surface area contributed by atoms with Crippen LogP contribution in [0.25, 0.3) is 0 Å². The van der Waals surface area contributed by atoms with Crippen molar-refractivity contribution < 1.29 is 9.53 Å². The summed E-state index contributed by atoms with van der Waals surface area (Å²) in [6, 6.07) is 7.88. The lowest BCUT2D eigenvalue weighted by Gasteiger charge is -2.15. The number of rotatable bonds is 7. The molecule has 1 fully saturated rings. The Kier molecular flexibility index (Phi) is 6.87. The summed E-state index contributed by atoms with van der Waals surface area (Å²) < 4.78 is 5.31. The first-order valence-electron chi connectivity index (χ1n) is 7.40. The number of nitrogens with one attached hydrogen (secondary N) is 1. The van der Waals surface area contributed by atoms with Gasteiger partial charge < -0.3 is 10.1 Å². The van der Waals surface area contributed by atoms with Crippen molar-refractivity contribution in [2.24, 2.45) is 5.92 Å². The zero-order chi connectivity index (χ0) is 15.1. The van der Waals surface area contributed by atoms with Crippen molar-refractivity contribution in [2.45, 2.75) is 25.0 Å². The molecule has 0 aromatic heterocycles. The number of benzene rings is 1. The Morgan fingerprint density at radius 3 is 2.86 bits per heavy atom. The van der Waals surface area contributed by atoms with Crippen molar-refractivity contribution in [3.05, 3.63) is 34.9 Å². The molecular formula is C16H22ClNO2S. The predicted molar refractivity (Wildman–Crippen MR) is 88.9 cm³/mol. The first kappa shape index (κ1) is 16.7. The molecule has 1 amide bonds. The van der Waals surface area contributed by atoms with Crippen LogP contribution in [0.1, 0.15) is 30.6 Å². The van der Waals surface area contributed by atoms with Gasteiger partial charge in [-0.05, 0) is 30.5 Å². The molecule has 0 unspecified atom stereocenters. The minimum Gasteiger partial charge on any atom is -0.381 e. The van der Waals surface area contributed by atoms with E-state index in [2.05, 4.69) is 12.2 Å². The van der Waals surface area contributed by atoms with Gasteiger partial charge in [0.2, 0.25) is 5.91 Å². The monoisotopic (exact) mass is 327 g/mol. The molecule has 2 rings (SSSR count). The van der Waals surface area contributed by atoms with E-state index in [-0.39, 0.29) is 5.91 Å². The topological polar surface area (TPSA) is 38.3 Å². The van der Waals surface area contributed by atoms with Gasteiger partial charge in [0.1, 0.15) is 0 Å². The average molecular weight is 328 g/mol. The van der Waals surface area contributed by atoms with Crippen LogP contribution >= 0.6 is 23.4 Å². The zero-order valence-electron chi connectivity index (χ0n) is 12.3. The van der Waals surface area contributed by atoms with Crippen LogP contribution in [0.2, 0.25) is 5.02 Å². The molecule has 1 aliphatic heterocycles. The van der Waals surface area contributed by atoms with E-state index in [4.69, 9.17) is 16.3 Å². The second kappa shape index (κ2) is 8.66. The molecule has 1 saturated heterocycles. The summed E-state index contributed by atoms with van der Waals surface area (Å²) >= 11 is 7.59. The molecule has 0 aliphatic carbocycles. The van der Waals surface area contributed by atoms with E-state index < -0.39 is 0 Å². The standard InChI is InChI=1S/C16H22ClNO2S/c1-2-15(13-3-5-14(17)6-4-13)21-11-16(19)18-9-12-7-8-20-10-12/h3-6,12,15H,2,7-11H2,1H3,(H,18,19)/t12-,15-/m0/s1. The smallest absolute Gasteiger partial charge is 0.230 e. The summed E-state index contributed by atoms with van der Waals surface area (Å²) in [6.45, 7) is 4.47. The molecule has 0 saturated carbocycles. The number of hydrogen-bond donors (Lipinski definition) is 1. The summed E-state index contributed by atoms with van der Waals surface area (Å²) in [6.07, 6.45) is 2.05. The highest BCUT2D eigenvalue weighted by molar-refractivity contribution is 8.00. The Morgan fingerprint density at radius 1 is 1.48 bits per heavy atom. The van der Waals surface area contributed by atoms with Crippen molar-refractivity contribution in [2.75, 3.05) is 25.5 Å². The number of carbonyl (C=O) groups is 1. The van der Waals surface area contributed by atoms with Gasteiger partial charge in [0.15, 0.2) is 0 Å². The molecule has 1 aromatic rings. The summed E-state index contributed by atoms with van der Waals surface area (Å²) in [5, 5.41) is 4.09. The number of amides is 1. The van der Waals surface area contributed by atoms with Gasteiger partial charge in [-0.1, -0.05) is 30.7 Å². The molecule has 0 spiro atoms. The van der Waals surface area contributed by atoms with Crippen molar-refractivity contribution in [3.63, 3.8) is 0 Å². The van der Waals surface area contributed by atoms with E-state index in [0.29, 0.717) is 16.9 Å². The van der Waals surface area contributed by atoms with Crippen LogP contribution in [-0.4, -0.2) is 31.4 Å². The zero-order valence-corrected chi connectivity index (χ0v) is 13.9. The van der Waals surface area contributed by atoms with E-state index >= 15 is 0 Å². The summed E-state index contributed by atoms with van der Waals surface area (Å²) in [4.78, 5) is 11.9. The molecule has 21 heavy (non-hydrogen) atoms. The maximum Gasteiger partial charge on any atom is 0.230 e. The predicted octanol–water partition coefficient (Wildman–Crippen LogP) is 3.68. The third-order valence-electron chi connectivity index (χ3n) is 3.64. The number of halogens is 1. The summed E-state index contributed by atoms with van der Waals surface area (Å²) in [7, 11) is 0. The fraction of sp³-hybridized carbons (Fsp3) is 0.562. The van der Waals surface area contributed by atoms with Crippen molar-refractivity contribution >= 4 is 29.3 Å². The van der Waals surface area contributed by atoms with Crippen LogP contribution in [0.15, 0.2) is 24.3 Å². The van der Waals surface area contributed by atoms with Gasteiger partial charge in [0, 0.05) is 29.3 Å². The van der Waals surface area contributed by atoms with Crippen LogP contribution in [0.4, 0.5) is 0 Å². The number of ether oxygens (including phenoxy) is 1. The van der Waals surface area contributed by atoms with Crippen LogP contribution < -0.4 is 5.32 Å². The second-order valence-corrected chi connectivity index (χ2v) is 6.92. The van der Waals surface area contributed by atoms with Gasteiger partial charge in [0.25, 0.3) is 0 Å². The Labute approximate surface area is 135 Å². The summed E-state index contributed by atoms with van der Waals surface area (Å²) in [5.41, 5.74) is 1.23. The molecule has 0 bridgehead atoms. The Morgan fingerprint density at radius 2 is 2.24 bits per heavy atom. The molecule has 1 aromatic carbocycles. The van der Waals surface area contributed by atoms with Gasteiger partial charge in [-0.15, -0.1) is 11.8 Å². The minimum absolute atomic E-state index is 0.110. The Hall–Kier alpha value is -0.710. The van der Waals surface area contributed by atoms with E-state index in [0.717, 1.165) is 37.6 Å². The summed E-state index contributed by atoms with van der Waals surface area (Å²) in [5.74, 6) is 1.09. The van der Waals surface area contributed by atoms with Gasteiger partial charge in [0.05, 0.1) is 12.4 Å². The molecule has 116 valence electrons. The Balaban J connectivity index is 1.74. The maximum absolute atomic E-state index is 11.9. The number of hydrogen-bond acceptors (Lipinski definition) is 3. The van der Waals surface area contributed by atoms with Gasteiger partial charge in [-0.2, -0.15) is 0 Å². The van der Waals surface area contributed by atoms with Crippen LogP contribution in [-0.2, 0) is 9.53 Å². The van der Waals surface area contributed by atoms with Crippen molar-refractivity contribution in [1.82, 2.24) is 5.32 Å². The molecule has 1 aliphatic rings. The van der Waals surface area contributed by atoms with Crippen LogP contribution in [0.3, 0.4) is 0 Å². The first-order chi connectivity index (χ1) is 10.2. The minimum atomic E-state index is 0.110. The van der Waals surface area contributed by atoms with Crippen LogP contribution in [0, 0.1) is 5.92 Å². The van der Waals surface area contributed by atoms with Crippen molar-refractivity contribution in [3.8, 4) is 0 Å². The fourth-order valence-electron chi connectivity index (χ4n) is 2.36. The quantitative estimate of drug-likeness (QED) is 0.830. The van der Waals surface area contributed by atoms with Gasteiger partial charge in [-0.25, -0.2) is 0 Å². The molecule has 1 N–H and O–H groups in total. The number of thioether (sulfide) groups is 1. The van der Waals surface area contributed by atoms with E-state index in [1.54, 1.807) is 11.8 Å². The van der Waals surface area contributed by atoms with Crippen molar-refractivity contribution in [1.29, 1.82) is 0 Å². The lowest BCUT2D eigenvalue weighted by atomic mass is 10.1. The third-order valence-corrected chi connectivity index (χ3v) is 5.33.